The van der Waals surface area contributed by atoms with E-state index in [0.717, 1.165) is 39.0 Å². The van der Waals surface area contributed by atoms with Crippen molar-refractivity contribution < 1.29 is 8.78 Å². The Bertz CT molecular complexity index is 269. The lowest BCUT2D eigenvalue weighted by Gasteiger charge is -2.37. The van der Waals surface area contributed by atoms with Gasteiger partial charge in [-0.15, -0.1) is 0 Å². The molecule has 2 aliphatic rings. The first-order valence-electron chi connectivity index (χ1n) is 7.34. The van der Waals surface area contributed by atoms with Crippen molar-refractivity contribution >= 4 is 0 Å². The summed E-state index contributed by atoms with van der Waals surface area (Å²) < 4.78 is 27.0. The molecule has 1 aliphatic carbocycles. The molecule has 2 fully saturated rings. The molecule has 1 unspecified atom stereocenters. The SMILES string of the molecule is CC(C)N1CCCN(C2CCCC(F)(F)C2)CC1. The van der Waals surface area contributed by atoms with E-state index in [4.69, 9.17) is 0 Å². The van der Waals surface area contributed by atoms with Crippen molar-refractivity contribution in [1.82, 2.24) is 9.80 Å². The van der Waals surface area contributed by atoms with Gasteiger partial charge in [0.05, 0.1) is 0 Å². The summed E-state index contributed by atoms with van der Waals surface area (Å²) in [6.07, 6.45) is 2.92. The predicted octanol–water partition coefficient (Wildman–Crippen LogP) is 2.98. The van der Waals surface area contributed by atoms with Crippen LogP contribution in [0.2, 0.25) is 0 Å². The van der Waals surface area contributed by atoms with Crippen LogP contribution in [0.25, 0.3) is 0 Å². The first kappa shape index (κ1) is 14.2. The molecule has 0 spiro atoms. The second-order valence-corrected chi connectivity index (χ2v) is 6.13. The standard InChI is InChI=1S/C14H26F2N2/c1-12(2)17-7-4-8-18(10-9-17)13-5-3-6-14(15,16)11-13/h12-13H,3-11H2,1-2H3. The van der Waals surface area contributed by atoms with Crippen LogP contribution in [-0.4, -0.2) is 54.0 Å². The van der Waals surface area contributed by atoms with E-state index in [1.165, 1.54) is 0 Å². The van der Waals surface area contributed by atoms with Gasteiger partial charge in [0.25, 0.3) is 0 Å². The van der Waals surface area contributed by atoms with E-state index >= 15 is 0 Å². The highest BCUT2D eigenvalue weighted by molar-refractivity contribution is 4.86. The van der Waals surface area contributed by atoms with Gasteiger partial charge in [0.1, 0.15) is 0 Å². The van der Waals surface area contributed by atoms with Gasteiger partial charge in [-0.2, -0.15) is 0 Å². The van der Waals surface area contributed by atoms with Crippen molar-refractivity contribution in [2.24, 2.45) is 0 Å². The molecule has 18 heavy (non-hydrogen) atoms. The maximum absolute atomic E-state index is 13.5. The fourth-order valence-corrected chi connectivity index (χ4v) is 3.30. The normalized spacial score (nSPS) is 31.5. The van der Waals surface area contributed by atoms with E-state index in [1.54, 1.807) is 0 Å². The number of rotatable bonds is 2. The maximum Gasteiger partial charge on any atom is 0.249 e. The molecule has 0 N–H and O–H groups in total. The molecule has 0 amide bonds. The molecule has 1 saturated carbocycles. The Kier molecular flexibility index (Phi) is 4.59. The number of nitrogens with zero attached hydrogens (tertiary/aromatic N) is 2. The molecule has 106 valence electrons. The molecule has 2 nitrogen and oxygen atoms in total. The van der Waals surface area contributed by atoms with E-state index in [9.17, 15) is 8.78 Å². The van der Waals surface area contributed by atoms with Crippen molar-refractivity contribution in [3.05, 3.63) is 0 Å². The summed E-state index contributed by atoms with van der Waals surface area (Å²) in [5.41, 5.74) is 0. The monoisotopic (exact) mass is 260 g/mol. The fraction of sp³-hybridized carbons (Fsp3) is 1.00. The summed E-state index contributed by atoms with van der Waals surface area (Å²) in [5.74, 6) is -2.42. The second-order valence-electron chi connectivity index (χ2n) is 6.13. The topological polar surface area (TPSA) is 6.48 Å². The van der Waals surface area contributed by atoms with Crippen LogP contribution in [0.4, 0.5) is 8.78 Å². The molecular formula is C14H26F2N2. The lowest BCUT2D eigenvalue weighted by molar-refractivity contribution is -0.0630. The Hall–Kier alpha value is -0.220. The largest absolute Gasteiger partial charge is 0.300 e. The number of hydrogen-bond donors (Lipinski definition) is 0. The lowest BCUT2D eigenvalue weighted by Crippen LogP contribution is -2.44. The van der Waals surface area contributed by atoms with E-state index in [2.05, 4.69) is 23.6 Å². The van der Waals surface area contributed by atoms with Crippen LogP contribution in [0.3, 0.4) is 0 Å². The quantitative estimate of drug-likeness (QED) is 0.753. The Morgan fingerprint density at radius 1 is 1.06 bits per heavy atom. The van der Waals surface area contributed by atoms with Gasteiger partial charge in [0.2, 0.25) is 5.92 Å². The van der Waals surface area contributed by atoms with Crippen LogP contribution in [0.5, 0.6) is 0 Å². The van der Waals surface area contributed by atoms with E-state index in [-0.39, 0.29) is 18.9 Å². The summed E-state index contributed by atoms with van der Waals surface area (Å²) in [6.45, 7) is 8.51. The predicted molar refractivity (Wildman–Crippen MR) is 70.1 cm³/mol. The molecular weight excluding hydrogens is 234 g/mol. The zero-order valence-corrected chi connectivity index (χ0v) is 11.7. The van der Waals surface area contributed by atoms with Gasteiger partial charge in [0.15, 0.2) is 0 Å². The van der Waals surface area contributed by atoms with E-state index < -0.39 is 5.92 Å². The summed E-state index contributed by atoms with van der Waals surface area (Å²) in [6, 6.07) is 0.679. The van der Waals surface area contributed by atoms with Gasteiger partial charge < -0.3 is 0 Å². The maximum atomic E-state index is 13.5. The third kappa shape index (κ3) is 3.64. The molecule has 1 atom stereocenters. The van der Waals surface area contributed by atoms with Gasteiger partial charge in [-0.3, -0.25) is 9.80 Å². The average molecular weight is 260 g/mol. The Morgan fingerprint density at radius 2 is 1.83 bits per heavy atom. The number of halogens is 2. The van der Waals surface area contributed by atoms with E-state index in [1.807, 2.05) is 0 Å². The molecule has 1 saturated heterocycles. The zero-order chi connectivity index (χ0) is 13.2. The Labute approximate surface area is 109 Å². The Morgan fingerprint density at radius 3 is 2.50 bits per heavy atom. The molecule has 0 aromatic rings. The van der Waals surface area contributed by atoms with Crippen LogP contribution in [0.1, 0.15) is 46.0 Å². The van der Waals surface area contributed by atoms with Crippen LogP contribution in [0.15, 0.2) is 0 Å². The first-order valence-corrected chi connectivity index (χ1v) is 7.34. The van der Waals surface area contributed by atoms with Crippen molar-refractivity contribution in [3.63, 3.8) is 0 Å². The van der Waals surface area contributed by atoms with Gasteiger partial charge >= 0.3 is 0 Å². The molecule has 0 aromatic heterocycles. The van der Waals surface area contributed by atoms with Crippen LogP contribution >= 0.6 is 0 Å². The smallest absolute Gasteiger partial charge is 0.249 e. The van der Waals surface area contributed by atoms with E-state index in [0.29, 0.717) is 12.5 Å². The molecule has 1 heterocycles. The molecule has 0 aromatic carbocycles. The minimum absolute atomic E-state index is 0.0781. The third-order valence-corrected chi connectivity index (χ3v) is 4.43. The second kappa shape index (κ2) is 5.83. The highest BCUT2D eigenvalue weighted by Crippen LogP contribution is 2.35. The fourth-order valence-electron chi connectivity index (χ4n) is 3.30. The minimum Gasteiger partial charge on any atom is -0.300 e. The summed E-state index contributed by atoms with van der Waals surface area (Å²) in [4.78, 5) is 4.77. The van der Waals surface area contributed by atoms with Crippen LogP contribution < -0.4 is 0 Å². The summed E-state index contributed by atoms with van der Waals surface area (Å²) >= 11 is 0. The summed E-state index contributed by atoms with van der Waals surface area (Å²) in [5, 5.41) is 0. The van der Waals surface area contributed by atoms with Gasteiger partial charge in [-0.05, 0) is 46.2 Å². The first-order chi connectivity index (χ1) is 8.48. The highest BCUT2D eigenvalue weighted by atomic mass is 19.3. The van der Waals surface area contributed by atoms with Gasteiger partial charge in [0, 0.05) is 38.0 Å². The molecule has 0 bridgehead atoms. The molecule has 2 rings (SSSR count). The van der Waals surface area contributed by atoms with Crippen molar-refractivity contribution in [2.45, 2.75) is 64.0 Å². The molecule has 4 heteroatoms. The molecule has 0 radical (unpaired) electrons. The Balaban J connectivity index is 1.89. The van der Waals surface area contributed by atoms with Gasteiger partial charge in [-0.25, -0.2) is 8.78 Å². The average Bonchev–Trinajstić information content (AvgIpc) is 2.53. The summed E-state index contributed by atoms with van der Waals surface area (Å²) in [7, 11) is 0. The number of alkyl halides is 2. The van der Waals surface area contributed by atoms with Crippen molar-refractivity contribution in [1.29, 1.82) is 0 Å². The van der Waals surface area contributed by atoms with Crippen molar-refractivity contribution in [2.75, 3.05) is 26.2 Å². The third-order valence-electron chi connectivity index (χ3n) is 4.43. The highest BCUT2D eigenvalue weighted by Gasteiger charge is 2.38. The van der Waals surface area contributed by atoms with Crippen LogP contribution in [-0.2, 0) is 0 Å². The minimum atomic E-state index is -2.42. The zero-order valence-electron chi connectivity index (χ0n) is 11.7. The number of hydrogen-bond acceptors (Lipinski definition) is 2. The van der Waals surface area contributed by atoms with Crippen molar-refractivity contribution in [3.8, 4) is 0 Å². The lowest BCUT2D eigenvalue weighted by atomic mass is 9.91. The van der Waals surface area contributed by atoms with Crippen LogP contribution in [0, 0.1) is 0 Å². The molecule has 1 aliphatic heterocycles. The van der Waals surface area contributed by atoms with Gasteiger partial charge in [-0.1, -0.05) is 0 Å².